The third kappa shape index (κ3) is 5.27. The lowest BCUT2D eigenvalue weighted by atomic mass is 9.79. The fraction of sp³-hybridized carbons (Fsp3) is 0.367. The van der Waals surface area contributed by atoms with Crippen LogP contribution in [-0.2, 0) is 0 Å². The first-order chi connectivity index (χ1) is 19.7. The van der Waals surface area contributed by atoms with Crippen LogP contribution in [0.5, 0.6) is 11.5 Å². The molecule has 1 aliphatic heterocycles. The summed E-state index contributed by atoms with van der Waals surface area (Å²) in [5.41, 5.74) is 4.41. The normalized spacial score (nSPS) is 18.0. The van der Waals surface area contributed by atoms with Crippen molar-refractivity contribution in [3.8, 4) is 11.5 Å². The Hall–Kier alpha value is -4.67. The fourth-order valence-corrected chi connectivity index (χ4v) is 5.88. The maximum Gasteiger partial charge on any atom is 0.407 e. The van der Waals surface area contributed by atoms with Crippen molar-refractivity contribution in [1.82, 2.24) is 34.1 Å². The topological polar surface area (TPSA) is 122 Å². The van der Waals surface area contributed by atoms with Gasteiger partial charge in [0.1, 0.15) is 29.7 Å². The smallest absolute Gasteiger partial charge is 0.407 e. The van der Waals surface area contributed by atoms with E-state index in [1.54, 1.807) is 15.7 Å². The van der Waals surface area contributed by atoms with Crippen LogP contribution in [0.25, 0.3) is 11.2 Å². The second-order valence-corrected chi connectivity index (χ2v) is 11.7. The zero-order valence-electron chi connectivity index (χ0n) is 23.7. The van der Waals surface area contributed by atoms with E-state index in [1.807, 2.05) is 54.2 Å². The number of benzene rings is 1. The number of nitrogens with one attached hydrogen (secondary N) is 1. The Morgan fingerprint density at radius 3 is 2.61 bits per heavy atom. The van der Waals surface area contributed by atoms with Gasteiger partial charge < -0.3 is 20.1 Å². The van der Waals surface area contributed by atoms with Gasteiger partial charge in [-0.25, -0.2) is 23.8 Å². The van der Waals surface area contributed by atoms with Gasteiger partial charge in [-0.3, -0.25) is 0 Å². The molecule has 2 N–H and O–H groups in total. The van der Waals surface area contributed by atoms with E-state index < -0.39 is 6.09 Å². The monoisotopic (exact) mass is 554 g/mol. The molecule has 11 nitrogen and oxygen atoms in total. The number of nitrogens with zero attached hydrogens (tertiary/aromatic N) is 7. The molecule has 0 spiro atoms. The number of anilines is 2. The number of likely N-dealkylation sites (tertiary alicyclic amines) is 1. The van der Waals surface area contributed by atoms with Crippen molar-refractivity contribution in [2.75, 3.05) is 11.9 Å². The molecule has 0 aliphatic carbocycles. The van der Waals surface area contributed by atoms with E-state index in [0.29, 0.717) is 23.8 Å². The highest BCUT2D eigenvalue weighted by Gasteiger charge is 2.38. The summed E-state index contributed by atoms with van der Waals surface area (Å²) < 4.78 is 9.67. The third-order valence-electron chi connectivity index (χ3n) is 7.92. The number of amides is 1. The Kier molecular flexibility index (Phi) is 6.72. The standard InChI is InChI=1S/C30H34N8O3/c1-19-14-21(7-8-24(19)41-22-9-12-37-26(16-22)31-17-33-37)35-28-27-23(10-13-38(27)34-18-32-28)20-6-5-11-36(29(39)40)25(15-20)30(2,3)4/h7-10,12-14,16-18,20,25H,5-6,11,15H2,1-4H3,(H,39,40)(H,32,34,35). The maximum absolute atomic E-state index is 12.1. The number of carbonyl (C=O) groups is 1. The number of aryl methyl sites for hydroxylation is 1. The molecule has 0 bridgehead atoms. The Balaban J connectivity index is 1.27. The predicted octanol–water partition coefficient (Wildman–Crippen LogP) is 6.28. The van der Waals surface area contributed by atoms with Crippen LogP contribution in [-0.4, -0.2) is 57.9 Å². The molecular formula is C30H34N8O3. The molecule has 5 heterocycles. The van der Waals surface area contributed by atoms with Crippen molar-refractivity contribution in [3.05, 3.63) is 72.6 Å². The van der Waals surface area contributed by atoms with E-state index in [2.05, 4.69) is 52.3 Å². The minimum absolute atomic E-state index is 0.0934. The molecule has 1 amide bonds. The van der Waals surface area contributed by atoms with Crippen molar-refractivity contribution >= 4 is 28.8 Å². The molecule has 1 aliphatic rings. The van der Waals surface area contributed by atoms with Crippen LogP contribution in [0, 0.1) is 12.3 Å². The summed E-state index contributed by atoms with van der Waals surface area (Å²) in [5, 5.41) is 22.0. The van der Waals surface area contributed by atoms with Gasteiger partial charge in [0.15, 0.2) is 11.5 Å². The second-order valence-electron chi connectivity index (χ2n) is 11.7. The average molecular weight is 555 g/mol. The highest BCUT2D eigenvalue weighted by molar-refractivity contribution is 5.77. The van der Waals surface area contributed by atoms with Crippen molar-refractivity contribution < 1.29 is 14.6 Å². The third-order valence-corrected chi connectivity index (χ3v) is 7.92. The zero-order valence-corrected chi connectivity index (χ0v) is 23.7. The minimum atomic E-state index is -0.847. The summed E-state index contributed by atoms with van der Waals surface area (Å²) in [5.74, 6) is 2.31. The van der Waals surface area contributed by atoms with E-state index >= 15 is 0 Å². The molecule has 6 rings (SSSR count). The largest absolute Gasteiger partial charge is 0.465 e. The molecule has 1 aromatic carbocycles. The van der Waals surface area contributed by atoms with Crippen molar-refractivity contribution in [2.24, 2.45) is 5.41 Å². The molecule has 0 radical (unpaired) electrons. The zero-order chi connectivity index (χ0) is 28.7. The first-order valence-corrected chi connectivity index (χ1v) is 13.8. The van der Waals surface area contributed by atoms with E-state index in [-0.39, 0.29) is 17.4 Å². The van der Waals surface area contributed by atoms with Crippen LogP contribution in [0.3, 0.4) is 0 Å². The Morgan fingerprint density at radius 1 is 1.05 bits per heavy atom. The number of aromatic nitrogens is 6. The number of carboxylic acid groups (broad SMARTS) is 1. The van der Waals surface area contributed by atoms with Gasteiger partial charge in [0.05, 0.1) is 0 Å². The van der Waals surface area contributed by atoms with Crippen LogP contribution in [0.2, 0.25) is 0 Å². The second kappa shape index (κ2) is 10.4. The van der Waals surface area contributed by atoms with E-state index in [0.717, 1.165) is 47.3 Å². The molecule has 0 saturated carbocycles. The number of fused-ring (bicyclic) bond motifs is 2. The summed E-state index contributed by atoms with van der Waals surface area (Å²) >= 11 is 0. The summed E-state index contributed by atoms with van der Waals surface area (Å²) in [6, 6.07) is 11.6. The summed E-state index contributed by atoms with van der Waals surface area (Å²) in [7, 11) is 0. The van der Waals surface area contributed by atoms with Gasteiger partial charge in [-0.1, -0.05) is 20.8 Å². The fourth-order valence-electron chi connectivity index (χ4n) is 5.88. The van der Waals surface area contributed by atoms with Gasteiger partial charge in [-0.15, -0.1) is 0 Å². The summed E-state index contributed by atoms with van der Waals surface area (Å²) in [4.78, 5) is 22.6. The minimum Gasteiger partial charge on any atom is -0.465 e. The van der Waals surface area contributed by atoms with Crippen LogP contribution in [0.4, 0.5) is 16.3 Å². The van der Waals surface area contributed by atoms with Crippen LogP contribution in [0.15, 0.2) is 61.4 Å². The van der Waals surface area contributed by atoms with Gasteiger partial charge in [0.25, 0.3) is 0 Å². The highest BCUT2D eigenvalue weighted by Crippen LogP contribution is 2.41. The van der Waals surface area contributed by atoms with E-state index in [9.17, 15) is 9.90 Å². The summed E-state index contributed by atoms with van der Waals surface area (Å²) in [6.07, 6.45) is 8.43. The van der Waals surface area contributed by atoms with Crippen LogP contribution in [0.1, 0.15) is 57.1 Å². The lowest BCUT2D eigenvalue weighted by Crippen LogP contribution is -2.46. The van der Waals surface area contributed by atoms with Crippen LogP contribution < -0.4 is 10.1 Å². The Labute approximate surface area is 237 Å². The average Bonchev–Trinajstić information content (AvgIpc) is 3.51. The predicted molar refractivity (Wildman–Crippen MR) is 155 cm³/mol. The lowest BCUT2D eigenvalue weighted by Gasteiger charge is -2.38. The molecule has 5 aromatic rings. The van der Waals surface area contributed by atoms with E-state index in [1.165, 1.54) is 6.33 Å². The highest BCUT2D eigenvalue weighted by atomic mass is 16.5. The van der Waals surface area contributed by atoms with E-state index in [4.69, 9.17) is 4.74 Å². The number of ether oxygens (including phenoxy) is 1. The molecule has 41 heavy (non-hydrogen) atoms. The van der Waals surface area contributed by atoms with Crippen molar-refractivity contribution in [3.63, 3.8) is 0 Å². The molecule has 1 saturated heterocycles. The van der Waals surface area contributed by atoms with Crippen LogP contribution >= 0.6 is 0 Å². The van der Waals surface area contributed by atoms with Crippen molar-refractivity contribution in [2.45, 2.75) is 58.9 Å². The molecule has 212 valence electrons. The van der Waals surface area contributed by atoms with Gasteiger partial charge in [-0.05, 0) is 79.0 Å². The first-order valence-electron chi connectivity index (χ1n) is 13.8. The number of rotatable bonds is 5. The Morgan fingerprint density at radius 2 is 1.83 bits per heavy atom. The maximum atomic E-state index is 12.1. The molecule has 2 atom stereocenters. The number of pyridine rings is 1. The SMILES string of the molecule is Cc1cc(Nc2ncnn3ccc(C4CCCN(C(=O)O)C(C(C)(C)C)C4)c23)ccc1Oc1ccn2ncnc2c1. The quantitative estimate of drug-likeness (QED) is 0.260. The Bertz CT molecular complexity index is 1720. The summed E-state index contributed by atoms with van der Waals surface area (Å²) in [6.45, 7) is 8.90. The number of hydrogen-bond donors (Lipinski definition) is 2. The lowest BCUT2D eigenvalue weighted by molar-refractivity contribution is 0.0820. The molecule has 2 unspecified atom stereocenters. The van der Waals surface area contributed by atoms with Crippen molar-refractivity contribution in [1.29, 1.82) is 0 Å². The molecule has 11 heteroatoms. The first kappa shape index (κ1) is 26.5. The molecule has 4 aromatic heterocycles. The van der Waals surface area contributed by atoms with Gasteiger partial charge >= 0.3 is 6.09 Å². The van der Waals surface area contributed by atoms with Gasteiger partial charge in [0.2, 0.25) is 0 Å². The number of hydrogen-bond acceptors (Lipinski definition) is 7. The molecular weight excluding hydrogens is 520 g/mol. The van der Waals surface area contributed by atoms with Gasteiger partial charge in [-0.2, -0.15) is 10.2 Å². The molecule has 1 fully saturated rings. The van der Waals surface area contributed by atoms with Gasteiger partial charge in [0, 0.05) is 36.7 Å².